The van der Waals surface area contributed by atoms with Crippen LogP contribution in [-0.2, 0) is 19.8 Å². The van der Waals surface area contributed by atoms with Gasteiger partial charge in [-0.1, -0.05) is 231 Å². The number of hydrogen-bond acceptors (Lipinski definition) is 6. The van der Waals surface area contributed by atoms with Gasteiger partial charge in [0.2, 0.25) is 5.75 Å². The topological polar surface area (TPSA) is 63.2 Å². The minimum atomic E-state index is -3.16. The highest BCUT2D eigenvalue weighted by atomic mass is 31.2. The van der Waals surface area contributed by atoms with E-state index in [4.69, 9.17) is 23.3 Å². The molecule has 0 spiro atoms. The summed E-state index contributed by atoms with van der Waals surface area (Å²) in [5, 5.41) is 0. The SMILES string of the molecule is CCCCCCCCCCCCOc1cc(/C=C/c2ccc(CP(=O)(OCC)OCC)cc2)cc(OCCCCCCCCCCCC)c1OCCCCCCCCCCCC. The van der Waals surface area contributed by atoms with Crippen molar-refractivity contribution >= 4 is 19.7 Å². The second-order valence-electron chi connectivity index (χ2n) is 17.6. The Morgan fingerprint density at radius 3 is 1.08 bits per heavy atom. The molecule has 0 aliphatic carbocycles. The summed E-state index contributed by atoms with van der Waals surface area (Å²) in [6.45, 7) is 13.3. The predicted octanol–water partition coefficient (Wildman–Crippen LogP) is 18.5. The van der Waals surface area contributed by atoms with Crippen molar-refractivity contribution in [3.63, 3.8) is 0 Å². The van der Waals surface area contributed by atoms with Gasteiger partial charge in [-0.3, -0.25) is 4.57 Å². The van der Waals surface area contributed by atoms with Crippen molar-refractivity contribution in [3.05, 3.63) is 53.1 Å². The van der Waals surface area contributed by atoms with E-state index in [-0.39, 0.29) is 6.16 Å². The third kappa shape index (κ3) is 28.5. The highest BCUT2D eigenvalue weighted by Gasteiger charge is 2.24. The van der Waals surface area contributed by atoms with Crippen molar-refractivity contribution in [2.45, 2.75) is 233 Å². The Balaban J connectivity index is 2.17. The second kappa shape index (κ2) is 39.1. The van der Waals surface area contributed by atoms with E-state index in [1.807, 2.05) is 26.0 Å². The molecular weight excluding hydrogens is 788 g/mol. The van der Waals surface area contributed by atoms with E-state index in [1.54, 1.807) is 0 Å². The molecule has 0 fully saturated rings. The van der Waals surface area contributed by atoms with Crippen LogP contribution in [0.15, 0.2) is 36.4 Å². The first-order chi connectivity index (χ1) is 30.5. The molecule has 2 rings (SSSR count). The molecule has 0 heterocycles. The highest BCUT2D eigenvalue weighted by Crippen LogP contribution is 2.51. The zero-order valence-electron chi connectivity index (χ0n) is 41.0. The molecule has 6 nitrogen and oxygen atoms in total. The van der Waals surface area contributed by atoms with Crippen LogP contribution in [0.1, 0.15) is 244 Å². The maximum absolute atomic E-state index is 13.1. The van der Waals surface area contributed by atoms with Crippen molar-refractivity contribution in [1.82, 2.24) is 0 Å². The molecule has 0 radical (unpaired) electrons. The van der Waals surface area contributed by atoms with Gasteiger partial charge in [-0.2, -0.15) is 0 Å². The van der Waals surface area contributed by atoms with E-state index >= 15 is 0 Å². The van der Waals surface area contributed by atoms with Crippen molar-refractivity contribution in [3.8, 4) is 17.2 Å². The third-order valence-electron chi connectivity index (χ3n) is 11.8. The van der Waals surface area contributed by atoms with Gasteiger partial charge >= 0.3 is 7.60 Å². The first-order valence-corrected chi connectivity index (χ1v) is 27.9. The van der Waals surface area contributed by atoms with Gasteiger partial charge in [-0.15, -0.1) is 0 Å². The van der Waals surface area contributed by atoms with E-state index in [2.05, 4.69) is 57.2 Å². The average molecular weight is 883 g/mol. The molecule has 2 aromatic carbocycles. The van der Waals surface area contributed by atoms with Crippen LogP contribution in [-0.4, -0.2) is 33.0 Å². The first kappa shape index (κ1) is 55.9. The number of hydrogen-bond donors (Lipinski definition) is 0. The fraction of sp³-hybridized carbons (Fsp3) is 0.745. The van der Waals surface area contributed by atoms with E-state index in [0.717, 1.165) is 53.2 Å². The van der Waals surface area contributed by atoms with Crippen molar-refractivity contribution in [2.75, 3.05) is 33.0 Å². The molecule has 0 aromatic heterocycles. The van der Waals surface area contributed by atoms with Gasteiger partial charge < -0.3 is 23.3 Å². The lowest BCUT2D eigenvalue weighted by molar-refractivity contribution is 0.219. The Bertz CT molecular complexity index is 1330. The molecule has 0 saturated heterocycles. The minimum absolute atomic E-state index is 0.263. The van der Waals surface area contributed by atoms with Gasteiger partial charge in [0.25, 0.3) is 0 Å². The quantitative estimate of drug-likeness (QED) is 0.0375. The zero-order valence-corrected chi connectivity index (χ0v) is 41.9. The van der Waals surface area contributed by atoms with E-state index in [0.29, 0.717) is 33.0 Å². The van der Waals surface area contributed by atoms with Gasteiger partial charge in [-0.05, 0) is 61.9 Å². The van der Waals surface area contributed by atoms with Crippen LogP contribution in [0.2, 0.25) is 0 Å². The average Bonchev–Trinajstić information content (AvgIpc) is 3.27. The lowest BCUT2D eigenvalue weighted by Crippen LogP contribution is -2.07. The molecule has 7 heteroatoms. The van der Waals surface area contributed by atoms with Gasteiger partial charge in [0, 0.05) is 0 Å². The fourth-order valence-corrected chi connectivity index (χ4v) is 9.73. The molecule has 0 saturated carbocycles. The molecule has 0 N–H and O–H groups in total. The Hall–Kier alpha value is -2.27. The molecule has 0 aliphatic heterocycles. The maximum atomic E-state index is 13.1. The van der Waals surface area contributed by atoms with Crippen LogP contribution in [0.4, 0.5) is 0 Å². The van der Waals surface area contributed by atoms with Crippen LogP contribution in [0.25, 0.3) is 12.2 Å². The van der Waals surface area contributed by atoms with E-state index < -0.39 is 7.60 Å². The molecule has 2 aromatic rings. The molecule has 0 unspecified atom stereocenters. The number of unbranched alkanes of at least 4 members (excludes halogenated alkanes) is 27. The smallest absolute Gasteiger partial charge is 0.335 e. The third-order valence-corrected chi connectivity index (χ3v) is 13.8. The Kier molecular flexibility index (Phi) is 35.3. The van der Waals surface area contributed by atoms with Crippen LogP contribution in [0.3, 0.4) is 0 Å². The summed E-state index contributed by atoms with van der Waals surface area (Å²) in [5.74, 6) is 2.33. The zero-order chi connectivity index (χ0) is 44.6. The summed E-state index contributed by atoms with van der Waals surface area (Å²) in [6, 6.07) is 12.4. The fourth-order valence-electron chi connectivity index (χ4n) is 8.03. The van der Waals surface area contributed by atoms with Gasteiger partial charge in [0.05, 0.1) is 39.2 Å². The molecular formula is C55H95O6P. The molecule has 0 aliphatic rings. The monoisotopic (exact) mass is 883 g/mol. The molecule has 0 atom stereocenters. The van der Waals surface area contributed by atoms with Crippen molar-refractivity contribution in [2.24, 2.45) is 0 Å². The number of ether oxygens (including phenoxy) is 3. The van der Waals surface area contributed by atoms with Gasteiger partial charge in [0.15, 0.2) is 11.5 Å². The van der Waals surface area contributed by atoms with Gasteiger partial charge in [0.1, 0.15) is 0 Å². The van der Waals surface area contributed by atoms with E-state index in [9.17, 15) is 4.57 Å². The van der Waals surface area contributed by atoms with Crippen molar-refractivity contribution < 1.29 is 27.8 Å². The van der Waals surface area contributed by atoms with Crippen molar-refractivity contribution in [1.29, 1.82) is 0 Å². The van der Waals surface area contributed by atoms with Gasteiger partial charge in [-0.25, -0.2) is 0 Å². The second-order valence-corrected chi connectivity index (χ2v) is 19.7. The lowest BCUT2D eigenvalue weighted by Gasteiger charge is -2.18. The minimum Gasteiger partial charge on any atom is -0.490 e. The molecule has 356 valence electrons. The molecule has 0 bridgehead atoms. The summed E-state index contributed by atoms with van der Waals surface area (Å²) < 4.78 is 44.1. The highest BCUT2D eigenvalue weighted by molar-refractivity contribution is 7.53. The molecule has 62 heavy (non-hydrogen) atoms. The first-order valence-electron chi connectivity index (χ1n) is 26.2. The van der Waals surface area contributed by atoms with Crippen LogP contribution < -0.4 is 14.2 Å². The van der Waals surface area contributed by atoms with Crippen LogP contribution >= 0.6 is 7.60 Å². The number of rotatable bonds is 44. The Morgan fingerprint density at radius 2 is 0.726 bits per heavy atom. The Morgan fingerprint density at radius 1 is 0.403 bits per heavy atom. The normalized spacial score (nSPS) is 11.8. The van der Waals surface area contributed by atoms with Crippen LogP contribution in [0, 0.1) is 0 Å². The largest absolute Gasteiger partial charge is 0.490 e. The standard InChI is InChI=1S/C55H95O6P/c1-6-11-14-17-20-23-26-29-32-35-44-57-53-47-52(43-40-50-38-41-51(42-39-50)49-62(56,60-9-4)61-10-5)48-54(58-45-36-33-30-27-24-21-18-15-12-7-2)55(53)59-46-37-34-31-28-25-22-19-16-13-8-3/h38-43,47-48H,6-37,44-46,49H2,1-5H3/b43-40+. The predicted molar refractivity (Wildman–Crippen MR) is 268 cm³/mol. The summed E-state index contributed by atoms with van der Waals surface area (Å²) in [7, 11) is -3.16. The summed E-state index contributed by atoms with van der Waals surface area (Å²) >= 11 is 0. The summed E-state index contributed by atoms with van der Waals surface area (Å²) in [5.41, 5.74) is 3.01. The number of benzene rings is 2. The maximum Gasteiger partial charge on any atom is 0.335 e. The molecule has 0 amide bonds. The van der Waals surface area contributed by atoms with Crippen LogP contribution in [0.5, 0.6) is 17.2 Å². The summed E-state index contributed by atoms with van der Waals surface area (Å²) in [6.07, 6.45) is 43.4. The lowest BCUT2D eigenvalue weighted by atomic mass is 10.1. The summed E-state index contributed by atoms with van der Waals surface area (Å²) in [4.78, 5) is 0. The Labute approximate surface area is 383 Å². The van der Waals surface area contributed by atoms with E-state index in [1.165, 1.54) is 173 Å².